The zero-order valence-electron chi connectivity index (χ0n) is 24.3. The molecule has 1 saturated heterocycles. The molecule has 3 unspecified atom stereocenters. The largest absolute Gasteiger partial charge is 0.462 e. The second kappa shape index (κ2) is 10.1. The van der Waals surface area contributed by atoms with Crippen molar-refractivity contribution in [2.24, 2.45) is 33.7 Å². The summed E-state index contributed by atoms with van der Waals surface area (Å²) in [5.41, 5.74) is 8.92. The smallest absolute Gasteiger partial charge is 0.302 e. The first kappa shape index (κ1) is 28.9. The molecule has 210 valence electrons. The van der Waals surface area contributed by atoms with Crippen molar-refractivity contribution in [3.8, 4) is 0 Å². The van der Waals surface area contributed by atoms with Crippen LogP contribution >= 0.6 is 0 Å². The minimum absolute atomic E-state index is 0.115. The zero-order valence-corrected chi connectivity index (χ0v) is 25.3. The van der Waals surface area contributed by atoms with Gasteiger partial charge < -0.3 is 18.6 Å². The van der Waals surface area contributed by atoms with Crippen molar-refractivity contribution in [2.75, 3.05) is 19.8 Å². The fraction of sp³-hybridized carbons (Fsp3) is 0.964. The molecular formula is C28H49N3O5Si. The molecule has 1 heterocycles. The van der Waals surface area contributed by atoms with Gasteiger partial charge in [-0.2, -0.15) is 0 Å². The highest BCUT2D eigenvalue weighted by Crippen LogP contribution is 2.65. The predicted molar refractivity (Wildman–Crippen MR) is 145 cm³/mol. The van der Waals surface area contributed by atoms with Crippen LogP contribution in [-0.4, -0.2) is 52.0 Å². The second-order valence-corrected chi connectivity index (χ2v) is 18.9. The Labute approximate surface area is 224 Å². The average Bonchev–Trinajstić information content (AvgIpc) is 3.39. The molecule has 3 saturated carbocycles. The fourth-order valence-corrected chi connectivity index (χ4v) is 9.41. The third-order valence-electron chi connectivity index (χ3n) is 11.3. The quantitative estimate of drug-likeness (QED) is 0.120. The van der Waals surface area contributed by atoms with E-state index < -0.39 is 14.1 Å². The number of esters is 1. The summed E-state index contributed by atoms with van der Waals surface area (Å²) in [6.07, 6.45) is 6.51. The van der Waals surface area contributed by atoms with Crippen molar-refractivity contribution < 1.29 is 23.4 Å². The lowest BCUT2D eigenvalue weighted by Crippen LogP contribution is -2.58. The van der Waals surface area contributed by atoms with Crippen LogP contribution in [0, 0.1) is 28.6 Å². The third kappa shape index (κ3) is 4.99. The summed E-state index contributed by atoms with van der Waals surface area (Å²) < 4.78 is 25.6. The van der Waals surface area contributed by atoms with E-state index in [2.05, 4.69) is 57.7 Å². The van der Waals surface area contributed by atoms with Crippen LogP contribution in [0.3, 0.4) is 0 Å². The molecule has 37 heavy (non-hydrogen) atoms. The van der Waals surface area contributed by atoms with Crippen molar-refractivity contribution in [3.05, 3.63) is 10.4 Å². The van der Waals surface area contributed by atoms with E-state index >= 15 is 0 Å². The Morgan fingerprint density at radius 2 is 1.73 bits per heavy atom. The number of rotatable bonds is 6. The lowest BCUT2D eigenvalue weighted by molar-refractivity contribution is -0.252. The standard InChI is InChI=1S/C28H49N3O5Si/c1-19(32)35-24-22(10-13-27(6)23(24)11-14-28(27)33-15-16-34-28)26(5)12-9-21(17-20(26)18-30-31-29)36-37(7,8)25(2,3)4/h20-24H,9-18H2,1-8H3/t20-,21?,22?,23?,24-,26+,27+/m1/s1. The SMILES string of the molecule is CC(=O)O[C@H]1C2CCC3(OCCO3)[C@@]2(C)CCC1[C@@]1(C)CCC(O[Si](C)(C)C(C)(C)C)C[C@@H]1CN=[N+]=[N-]. The Bertz CT molecular complexity index is 910. The highest BCUT2D eigenvalue weighted by Gasteiger charge is 2.67. The van der Waals surface area contributed by atoms with Crippen molar-refractivity contribution >= 4 is 14.3 Å². The van der Waals surface area contributed by atoms with E-state index in [0.29, 0.717) is 19.8 Å². The van der Waals surface area contributed by atoms with Gasteiger partial charge in [-0.3, -0.25) is 4.79 Å². The number of carbonyl (C=O) groups excluding carboxylic acids is 1. The molecule has 0 aromatic rings. The number of hydrogen-bond acceptors (Lipinski definition) is 6. The van der Waals surface area contributed by atoms with E-state index in [0.717, 1.165) is 44.9 Å². The first-order valence-electron chi connectivity index (χ1n) is 14.3. The first-order valence-corrected chi connectivity index (χ1v) is 17.2. The van der Waals surface area contributed by atoms with Crippen LogP contribution in [0.1, 0.15) is 86.5 Å². The van der Waals surface area contributed by atoms with E-state index in [-0.39, 0.29) is 51.8 Å². The normalized spacial score (nSPS) is 39.7. The van der Waals surface area contributed by atoms with E-state index in [1.165, 1.54) is 6.92 Å². The van der Waals surface area contributed by atoms with Gasteiger partial charge in [-0.05, 0) is 73.5 Å². The van der Waals surface area contributed by atoms with E-state index in [9.17, 15) is 10.3 Å². The number of azide groups is 1. The molecule has 0 radical (unpaired) electrons. The predicted octanol–water partition coefficient (Wildman–Crippen LogP) is 6.99. The average molecular weight is 536 g/mol. The van der Waals surface area contributed by atoms with E-state index in [1.54, 1.807) is 0 Å². The van der Waals surface area contributed by atoms with Gasteiger partial charge in [-0.1, -0.05) is 39.7 Å². The summed E-state index contributed by atoms with van der Waals surface area (Å²) in [7, 11) is -1.92. The van der Waals surface area contributed by atoms with Crippen LogP contribution in [0.25, 0.3) is 10.4 Å². The van der Waals surface area contributed by atoms with Crippen LogP contribution in [0.2, 0.25) is 18.1 Å². The lowest BCUT2D eigenvalue weighted by atomic mass is 9.51. The van der Waals surface area contributed by atoms with Gasteiger partial charge in [-0.25, -0.2) is 0 Å². The minimum Gasteiger partial charge on any atom is -0.462 e. The maximum absolute atomic E-state index is 12.4. The minimum atomic E-state index is -1.92. The van der Waals surface area contributed by atoms with E-state index in [4.69, 9.17) is 18.6 Å². The number of nitrogens with zero attached hydrogens (tertiary/aromatic N) is 3. The second-order valence-electron chi connectivity index (χ2n) is 14.1. The molecule has 0 N–H and O–H groups in total. The molecule has 4 fully saturated rings. The maximum Gasteiger partial charge on any atom is 0.302 e. The fourth-order valence-electron chi connectivity index (χ4n) is 8.01. The Kier molecular flexibility index (Phi) is 7.90. The summed E-state index contributed by atoms with van der Waals surface area (Å²) in [6, 6.07) is 0. The lowest BCUT2D eigenvalue weighted by Gasteiger charge is -2.57. The molecule has 4 aliphatic rings. The van der Waals surface area contributed by atoms with Crippen molar-refractivity contribution in [1.29, 1.82) is 0 Å². The summed E-state index contributed by atoms with van der Waals surface area (Å²) in [5.74, 6) is -0.224. The molecule has 9 heteroatoms. The van der Waals surface area contributed by atoms with Crippen LogP contribution in [-0.2, 0) is 23.4 Å². The zero-order chi connectivity index (χ0) is 27.3. The maximum atomic E-state index is 12.4. The molecule has 8 nitrogen and oxygen atoms in total. The Balaban J connectivity index is 1.62. The molecule has 4 rings (SSSR count). The molecule has 7 atom stereocenters. The topological polar surface area (TPSA) is 103 Å². The van der Waals surface area contributed by atoms with E-state index in [1.807, 2.05) is 0 Å². The number of fused-ring (bicyclic) bond motifs is 2. The first-order chi connectivity index (χ1) is 17.2. The Morgan fingerprint density at radius 3 is 2.32 bits per heavy atom. The number of carbonyl (C=O) groups is 1. The summed E-state index contributed by atoms with van der Waals surface area (Å²) >= 11 is 0. The van der Waals surface area contributed by atoms with Crippen LogP contribution in [0.15, 0.2) is 5.11 Å². The van der Waals surface area contributed by atoms with Gasteiger partial charge in [0.25, 0.3) is 0 Å². The van der Waals surface area contributed by atoms with Gasteiger partial charge in [0.05, 0.1) is 13.2 Å². The highest BCUT2D eigenvalue weighted by molar-refractivity contribution is 6.74. The number of ether oxygens (including phenoxy) is 3. The molecular weight excluding hydrogens is 486 g/mol. The summed E-state index contributed by atoms with van der Waals surface area (Å²) in [6.45, 7) is 19.3. The van der Waals surface area contributed by atoms with Gasteiger partial charge in [0.1, 0.15) is 6.10 Å². The van der Waals surface area contributed by atoms with Gasteiger partial charge in [0.15, 0.2) is 14.1 Å². The highest BCUT2D eigenvalue weighted by atomic mass is 28.4. The third-order valence-corrected chi connectivity index (χ3v) is 15.8. The molecule has 0 aromatic carbocycles. The monoisotopic (exact) mass is 535 g/mol. The van der Waals surface area contributed by atoms with Crippen molar-refractivity contribution in [3.63, 3.8) is 0 Å². The van der Waals surface area contributed by atoms with Gasteiger partial charge in [0.2, 0.25) is 0 Å². The van der Waals surface area contributed by atoms with Crippen molar-refractivity contribution in [1.82, 2.24) is 0 Å². The molecule has 1 spiro atoms. The van der Waals surface area contributed by atoms with Crippen LogP contribution in [0.4, 0.5) is 0 Å². The summed E-state index contributed by atoms with van der Waals surface area (Å²) in [5, 5.41) is 4.22. The van der Waals surface area contributed by atoms with Gasteiger partial charge in [0, 0.05) is 48.2 Å². The van der Waals surface area contributed by atoms with Gasteiger partial charge in [-0.15, -0.1) is 0 Å². The van der Waals surface area contributed by atoms with Crippen LogP contribution in [0.5, 0.6) is 0 Å². The molecule has 1 aliphatic heterocycles. The molecule has 0 amide bonds. The van der Waals surface area contributed by atoms with Crippen molar-refractivity contribution in [2.45, 2.75) is 123 Å². The molecule has 0 bridgehead atoms. The Hall–Kier alpha value is -1.12. The molecule has 0 aromatic heterocycles. The summed E-state index contributed by atoms with van der Waals surface area (Å²) in [4.78, 5) is 15.6. The Morgan fingerprint density at radius 1 is 1.08 bits per heavy atom. The number of hydrogen-bond donors (Lipinski definition) is 0. The van der Waals surface area contributed by atoms with Gasteiger partial charge >= 0.3 is 5.97 Å². The molecule has 3 aliphatic carbocycles. The van der Waals surface area contributed by atoms with Crippen LogP contribution < -0.4 is 0 Å².